The minimum atomic E-state index is -0.301. The maximum atomic E-state index is 13.5. The summed E-state index contributed by atoms with van der Waals surface area (Å²) >= 11 is 6.23. The first-order chi connectivity index (χ1) is 10.1. The number of rotatable bonds is 3. The Labute approximate surface area is 126 Å². The van der Waals surface area contributed by atoms with Crippen LogP contribution in [-0.2, 0) is 0 Å². The highest BCUT2D eigenvalue weighted by Crippen LogP contribution is 2.30. The van der Waals surface area contributed by atoms with E-state index in [4.69, 9.17) is 16.3 Å². The van der Waals surface area contributed by atoms with Gasteiger partial charge in [-0.2, -0.15) is 0 Å². The van der Waals surface area contributed by atoms with E-state index in [0.717, 1.165) is 11.0 Å². The number of alkyl halides is 1. The molecule has 1 heterocycles. The first kappa shape index (κ1) is 13.9. The number of hydrogen-bond acceptors (Lipinski definition) is 2. The molecule has 0 spiro atoms. The fourth-order valence-electron chi connectivity index (χ4n) is 2.35. The van der Waals surface area contributed by atoms with Crippen molar-refractivity contribution >= 4 is 22.6 Å². The number of halogens is 2. The van der Waals surface area contributed by atoms with Crippen LogP contribution in [0.3, 0.4) is 0 Å². The summed E-state index contributed by atoms with van der Waals surface area (Å²) in [6.07, 6.45) is 0. The molecule has 21 heavy (non-hydrogen) atoms. The molecule has 0 aliphatic heterocycles. The Morgan fingerprint density at radius 2 is 2.05 bits per heavy atom. The highest BCUT2D eigenvalue weighted by molar-refractivity contribution is 6.20. The van der Waals surface area contributed by atoms with Crippen molar-refractivity contribution < 1.29 is 9.13 Å². The van der Waals surface area contributed by atoms with Gasteiger partial charge in [-0.15, -0.1) is 11.6 Å². The molecule has 0 saturated heterocycles. The molecule has 5 heteroatoms. The van der Waals surface area contributed by atoms with E-state index < -0.39 is 0 Å². The Bertz CT molecular complexity index is 798. The van der Waals surface area contributed by atoms with Crippen LogP contribution in [0, 0.1) is 5.82 Å². The highest BCUT2D eigenvalue weighted by Gasteiger charge is 2.17. The van der Waals surface area contributed by atoms with Crippen LogP contribution in [0.2, 0.25) is 0 Å². The van der Waals surface area contributed by atoms with Crippen molar-refractivity contribution in [3.63, 3.8) is 0 Å². The molecular formula is C16H14ClFN2O. The summed E-state index contributed by atoms with van der Waals surface area (Å²) in [7, 11) is 1.61. The number of ether oxygens (including phenoxy) is 1. The number of nitrogens with zero attached hydrogens (tertiary/aromatic N) is 2. The third kappa shape index (κ3) is 2.47. The second-order valence-corrected chi connectivity index (χ2v) is 5.41. The normalized spacial score (nSPS) is 12.6. The maximum absolute atomic E-state index is 13.5. The fourth-order valence-corrected chi connectivity index (χ4v) is 2.50. The molecule has 0 saturated carbocycles. The predicted molar refractivity (Wildman–Crippen MR) is 81.8 cm³/mol. The molecule has 1 atom stereocenters. The molecule has 0 bridgehead atoms. The Kier molecular flexibility index (Phi) is 3.55. The molecule has 0 amide bonds. The standard InChI is InChI=1S/C16H14ClFN2O/c1-10(17)16-19-14-7-6-13(21-2)9-15(14)20(16)12-5-3-4-11(18)8-12/h3-10H,1-2H3. The van der Waals surface area contributed by atoms with Crippen LogP contribution in [0.4, 0.5) is 4.39 Å². The average molecular weight is 305 g/mol. The molecule has 3 rings (SSSR count). The van der Waals surface area contributed by atoms with Crippen LogP contribution < -0.4 is 4.74 Å². The molecule has 1 unspecified atom stereocenters. The van der Waals surface area contributed by atoms with Crippen LogP contribution in [-0.4, -0.2) is 16.7 Å². The molecule has 108 valence electrons. The van der Waals surface area contributed by atoms with Crippen molar-refractivity contribution in [1.29, 1.82) is 0 Å². The van der Waals surface area contributed by atoms with E-state index in [1.165, 1.54) is 12.1 Å². The summed E-state index contributed by atoms with van der Waals surface area (Å²) in [5.74, 6) is 1.09. The number of aromatic nitrogens is 2. The van der Waals surface area contributed by atoms with Gasteiger partial charge in [-0.1, -0.05) is 6.07 Å². The predicted octanol–water partition coefficient (Wildman–Crippen LogP) is 4.47. The molecule has 0 radical (unpaired) electrons. The van der Waals surface area contributed by atoms with E-state index in [0.29, 0.717) is 17.3 Å². The minimum absolute atomic E-state index is 0.299. The van der Waals surface area contributed by atoms with Crippen molar-refractivity contribution in [3.8, 4) is 11.4 Å². The summed E-state index contributed by atoms with van der Waals surface area (Å²) in [4.78, 5) is 4.55. The van der Waals surface area contributed by atoms with Crippen molar-refractivity contribution in [2.45, 2.75) is 12.3 Å². The SMILES string of the molecule is COc1ccc2nc(C(C)Cl)n(-c3cccc(F)c3)c2c1. The van der Waals surface area contributed by atoms with Gasteiger partial charge in [0, 0.05) is 6.07 Å². The third-order valence-corrected chi connectivity index (χ3v) is 3.50. The number of imidazole rings is 1. The average Bonchev–Trinajstić information content (AvgIpc) is 2.85. The van der Waals surface area contributed by atoms with Crippen LogP contribution in [0.1, 0.15) is 18.1 Å². The molecule has 0 aliphatic carbocycles. The third-order valence-electron chi connectivity index (χ3n) is 3.31. The molecule has 2 aromatic carbocycles. The molecule has 3 nitrogen and oxygen atoms in total. The van der Waals surface area contributed by atoms with E-state index in [1.54, 1.807) is 13.2 Å². The van der Waals surface area contributed by atoms with E-state index >= 15 is 0 Å². The number of methoxy groups -OCH3 is 1. The van der Waals surface area contributed by atoms with Crippen molar-refractivity contribution in [2.24, 2.45) is 0 Å². The number of hydrogen-bond donors (Lipinski definition) is 0. The summed E-state index contributed by atoms with van der Waals surface area (Å²) in [5.41, 5.74) is 2.32. The zero-order valence-corrected chi connectivity index (χ0v) is 12.4. The van der Waals surface area contributed by atoms with Gasteiger partial charge < -0.3 is 4.74 Å². The lowest BCUT2D eigenvalue weighted by atomic mass is 10.2. The second-order valence-electron chi connectivity index (χ2n) is 4.76. The lowest BCUT2D eigenvalue weighted by molar-refractivity contribution is 0.415. The molecule has 1 aromatic heterocycles. The Balaban J connectivity index is 2.34. The molecule has 0 aliphatic rings. The Morgan fingerprint density at radius 3 is 2.71 bits per heavy atom. The maximum Gasteiger partial charge on any atom is 0.132 e. The zero-order chi connectivity index (χ0) is 15.0. The summed E-state index contributed by atoms with van der Waals surface area (Å²) in [5, 5.41) is -0.299. The van der Waals surface area contributed by atoms with Crippen molar-refractivity contribution in [1.82, 2.24) is 9.55 Å². The van der Waals surface area contributed by atoms with Crippen LogP contribution in [0.5, 0.6) is 5.75 Å². The van der Waals surface area contributed by atoms with Gasteiger partial charge in [0.25, 0.3) is 0 Å². The number of fused-ring (bicyclic) bond motifs is 1. The topological polar surface area (TPSA) is 27.1 Å². The van der Waals surface area contributed by atoms with E-state index in [-0.39, 0.29) is 11.2 Å². The zero-order valence-electron chi connectivity index (χ0n) is 11.7. The number of benzene rings is 2. The van der Waals surface area contributed by atoms with Gasteiger partial charge in [0.05, 0.1) is 29.2 Å². The van der Waals surface area contributed by atoms with Crippen molar-refractivity contribution in [2.75, 3.05) is 7.11 Å². The van der Waals surface area contributed by atoms with E-state index in [2.05, 4.69) is 4.98 Å². The van der Waals surface area contributed by atoms with Gasteiger partial charge in [-0.05, 0) is 37.3 Å². The molecule has 0 N–H and O–H groups in total. The fraction of sp³-hybridized carbons (Fsp3) is 0.188. The summed E-state index contributed by atoms with van der Waals surface area (Å²) in [6, 6.07) is 11.9. The van der Waals surface area contributed by atoms with Gasteiger partial charge in [0.2, 0.25) is 0 Å². The highest BCUT2D eigenvalue weighted by atomic mass is 35.5. The van der Waals surface area contributed by atoms with Crippen LogP contribution >= 0.6 is 11.6 Å². The Hall–Kier alpha value is -2.07. The van der Waals surface area contributed by atoms with Gasteiger partial charge in [0.15, 0.2) is 0 Å². The minimum Gasteiger partial charge on any atom is -0.497 e. The molecular weight excluding hydrogens is 291 g/mol. The van der Waals surface area contributed by atoms with Gasteiger partial charge >= 0.3 is 0 Å². The van der Waals surface area contributed by atoms with Crippen LogP contribution in [0.15, 0.2) is 42.5 Å². The van der Waals surface area contributed by atoms with Gasteiger partial charge in [-0.25, -0.2) is 9.37 Å². The smallest absolute Gasteiger partial charge is 0.132 e. The summed E-state index contributed by atoms with van der Waals surface area (Å²) < 4.78 is 20.7. The van der Waals surface area contributed by atoms with Crippen molar-refractivity contribution in [3.05, 3.63) is 54.1 Å². The summed E-state index contributed by atoms with van der Waals surface area (Å²) in [6.45, 7) is 1.84. The second kappa shape index (κ2) is 5.37. The molecule has 3 aromatic rings. The van der Waals surface area contributed by atoms with Gasteiger partial charge in [0.1, 0.15) is 17.4 Å². The molecule has 0 fully saturated rings. The first-order valence-electron chi connectivity index (χ1n) is 6.56. The van der Waals surface area contributed by atoms with Gasteiger partial charge in [-0.3, -0.25) is 4.57 Å². The lowest BCUT2D eigenvalue weighted by Crippen LogP contribution is -2.02. The largest absolute Gasteiger partial charge is 0.497 e. The van der Waals surface area contributed by atoms with E-state index in [1.807, 2.05) is 35.8 Å². The first-order valence-corrected chi connectivity index (χ1v) is 7.00. The monoisotopic (exact) mass is 304 g/mol. The van der Waals surface area contributed by atoms with E-state index in [9.17, 15) is 4.39 Å². The quantitative estimate of drug-likeness (QED) is 0.667. The lowest BCUT2D eigenvalue weighted by Gasteiger charge is -2.11. The van der Waals surface area contributed by atoms with Crippen LogP contribution in [0.25, 0.3) is 16.7 Å². The Morgan fingerprint density at radius 1 is 1.24 bits per heavy atom.